The smallest absolute Gasteiger partial charge is 0.132 e. The quantitative estimate of drug-likeness (QED) is 0.633. The maximum absolute atomic E-state index is 4.32. The molecule has 0 aliphatic carbocycles. The van der Waals surface area contributed by atoms with Crippen LogP contribution in [-0.4, -0.2) is 10.2 Å². The van der Waals surface area contributed by atoms with E-state index in [1.54, 1.807) is 5.51 Å². The van der Waals surface area contributed by atoms with Crippen molar-refractivity contribution in [2.75, 3.05) is 0 Å². The Labute approximate surface area is 63.7 Å². The van der Waals surface area contributed by atoms with Gasteiger partial charge in [-0.1, -0.05) is 0 Å². The van der Waals surface area contributed by atoms with Crippen molar-refractivity contribution in [3.8, 4) is 0 Å². The Kier molecular flexibility index (Phi) is 1.77. The summed E-state index contributed by atoms with van der Waals surface area (Å²) in [5.74, 6) is 0. The number of rotatable bonds is 1. The standard InChI is InChI=1S/C5H8N2S2/c1-5(2,8)4-7-6-3-9-4/h3,8H,1-2H3. The highest BCUT2D eigenvalue weighted by Gasteiger charge is 2.17. The molecule has 0 saturated carbocycles. The average Bonchev–Trinajstić information content (AvgIpc) is 2.08. The van der Waals surface area contributed by atoms with Gasteiger partial charge in [0.2, 0.25) is 0 Å². The molecule has 0 unspecified atom stereocenters. The molecular formula is C5H8N2S2. The van der Waals surface area contributed by atoms with Gasteiger partial charge in [0.25, 0.3) is 0 Å². The van der Waals surface area contributed by atoms with Gasteiger partial charge in [-0.25, -0.2) is 0 Å². The molecule has 1 rings (SSSR count). The Hall–Kier alpha value is -0.0900. The second-order valence-corrected chi connectivity index (χ2v) is 4.25. The third-order valence-corrected chi connectivity index (χ3v) is 2.26. The van der Waals surface area contributed by atoms with Crippen LogP contribution in [0.4, 0.5) is 0 Å². The first-order chi connectivity index (χ1) is 4.11. The summed E-state index contributed by atoms with van der Waals surface area (Å²) in [6, 6.07) is 0. The predicted octanol–water partition coefficient (Wildman–Crippen LogP) is 1.70. The van der Waals surface area contributed by atoms with Crippen LogP contribution < -0.4 is 0 Å². The van der Waals surface area contributed by atoms with Crippen molar-refractivity contribution in [2.24, 2.45) is 0 Å². The van der Waals surface area contributed by atoms with Gasteiger partial charge in [-0.05, 0) is 13.8 Å². The zero-order valence-electron chi connectivity index (χ0n) is 5.33. The van der Waals surface area contributed by atoms with E-state index in [4.69, 9.17) is 0 Å². The first kappa shape index (κ1) is 7.02. The summed E-state index contributed by atoms with van der Waals surface area (Å²) in [6.45, 7) is 3.99. The normalized spacial score (nSPS) is 11.9. The zero-order valence-corrected chi connectivity index (χ0v) is 7.04. The monoisotopic (exact) mass is 160 g/mol. The lowest BCUT2D eigenvalue weighted by atomic mass is 10.2. The van der Waals surface area contributed by atoms with E-state index < -0.39 is 0 Å². The summed E-state index contributed by atoms with van der Waals surface area (Å²) in [5.41, 5.74) is 1.72. The molecule has 0 N–H and O–H groups in total. The van der Waals surface area contributed by atoms with E-state index in [1.807, 2.05) is 13.8 Å². The Morgan fingerprint density at radius 3 is 2.56 bits per heavy atom. The molecule has 0 aliphatic heterocycles. The van der Waals surface area contributed by atoms with E-state index >= 15 is 0 Å². The topological polar surface area (TPSA) is 25.8 Å². The summed E-state index contributed by atoms with van der Waals surface area (Å²) in [7, 11) is 0. The minimum atomic E-state index is -0.138. The van der Waals surface area contributed by atoms with Gasteiger partial charge in [0.15, 0.2) is 0 Å². The lowest BCUT2D eigenvalue weighted by Gasteiger charge is -2.10. The second-order valence-electron chi connectivity index (χ2n) is 2.30. The van der Waals surface area contributed by atoms with Crippen molar-refractivity contribution in [2.45, 2.75) is 18.6 Å². The van der Waals surface area contributed by atoms with Gasteiger partial charge in [-0.3, -0.25) is 0 Å². The molecule has 0 aromatic carbocycles. The molecule has 0 aliphatic rings. The van der Waals surface area contributed by atoms with E-state index in [0.29, 0.717) is 0 Å². The number of hydrogen-bond donors (Lipinski definition) is 1. The third kappa shape index (κ3) is 1.66. The minimum absolute atomic E-state index is 0.138. The SMILES string of the molecule is CC(C)(S)c1nncs1. The Morgan fingerprint density at radius 1 is 1.67 bits per heavy atom. The molecule has 0 radical (unpaired) electrons. The highest BCUT2D eigenvalue weighted by atomic mass is 32.1. The van der Waals surface area contributed by atoms with Crippen LogP contribution >= 0.6 is 24.0 Å². The molecule has 0 saturated heterocycles. The van der Waals surface area contributed by atoms with Gasteiger partial charge in [0.1, 0.15) is 10.5 Å². The first-order valence-electron chi connectivity index (χ1n) is 2.60. The molecule has 9 heavy (non-hydrogen) atoms. The van der Waals surface area contributed by atoms with E-state index in [2.05, 4.69) is 22.8 Å². The van der Waals surface area contributed by atoms with Crippen LogP contribution in [0.2, 0.25) is 0 Å². The summed E-state index contributed by atoms with van der Waals surface area (Å²) in [6.07, 6.45) is 0. The van der Waals surface area contributed by atoms with Crippen molar-refractivity contribution in [3.05, 3.63) is 10.5 Å². The molecule has 4 heteroatoms. The lowest BCUT2D eigenvalue weighted by molar-refractivity contribution is 0.761. The van der Waals surface area contributed by atoms with Crippen molar-refractivity contribution < 1.29 is 0 Å². The molecule has 0 bridgehead atoms. The fourth-order valence-corrected chi connectivity index (χ4v) is 1.22. The fourth-order valence-electron chi connectivity index (χ4n) is 0.440. The van der Waals surface area contributed by atoms with E-state index in [0.717, 1.165) is 5.01 Å². The number of nitrogens with zero attached hydrogens (tertiary/aromatic N) is 2. The molecule has 50 valence electrons. The number of aromatic nitrogens is 2. The lowest BCUT2D eigenvalue weighted by Crippen LogP contribution is -2.06. The highest BCUT2D eigenvalue weighted by molar-refractivity contribution is 7.81. The minimum Gasteiger partial charge on any atom is -0.166 e. The van der Waals surface area contributed by atoms with Crippen LogP contribution in [-0.2, 0) is 4.75 Å². The molecule has 0 spiro atoms. The zero-order chi connectivity index (χ0) is 6.91. The maximum Gasteiger partial charge on any atom is 0.132 e. The first-order valence-corrected chi connectivity index (χ1v) is 3.92. The maximum atomic E-state index is 4.32. The Balaban J connectivity index is 2.90. The van der Waals surface area contributed by atoms with Crippen LogP contribution in [0.5, 0.6) is 0 Å². The van der Waals surface area contributed by atoms with E-state index in [9.17, 15) is 0 Å². The van der Waals surface area contributed by atoms with Crippen LogP contribution in [0.1, 0.15) is 18.9 Å². The molecule has 0 amide bonds. The number of hydrogen-bond acceptors (Lipinski definition) is 4. The molecule has 1 aromatic rings. The van der Waals surface area contributed by atoms with Crippen molar-refractivity contribution in [1.29, 1.82) is 0 Å². The molecule has 1 heterocycles. The molecule has 0 fully saturated rings. The summed E-state index contributed by atoms with van der Waals surface area (Å²) >= 11 is 5.85. The van der Waals surface area contributed by atoms with Gasteiger partial charge >= 0.3 is 0 Å². The average molecular weight is 160 g/mol. The second kappa shape index (κ2) is 2.27. The number of thiol groups is 1. The Bertz CT molecular complexity index is 175. The molecule has 0 atom stereocenters. The van der Waals surface area contributed by atoms with Gasteiger partial charge in [-0.2, -0.15) is 12.6 Å². The summed E-state index contributed by atoms with van der Waals surface area (Å²) < 4.78 is -0.138. The largest absolute Gasteiger partial charge is 0.166 e. The van der Waals surface area contributed by atoms with Gasteiger partial charge in [0.05, 0.1) is 4.75 Å². The van der Waals surface area contributed by atoms with Gasteiger partial charge in [-0.15, -0.1) is 21.5 Å². The van der Waals surface area contributed by atoms with E-state index in [1.165, 1.54) is 11.3 Å². The third-order valence-electron chi connectivity index (χ3n) is 0.883. The molecule has 1 aromatic heterocycles. The van der Waals surface area contributed by atoms with Crippen LogP contribution in [0.25, 0.3) is 0 Å². The van der Waals surface area contributed by atoms with Crippen LogP contribution in [0.3, 0.4) is 0 Å². The molecule has 2 nitrogen and oxygen atoms in total. The van der Waals surface area contributed by atoms with Gasteiger partial charge < -0.3 is 0 Å². The summed E-state index contributed by atoms with van der Waals surface area (Å²) in [5, 5.41) is 8.55. The Morgan fingerprint density at radius 2 is 2.33 bits per heavy atom. The predicted molar refractivity (Wildman–Crippen MR) is 41.9 cm³/mol. The van der Waals surface area contributed by atoms with Gasteiger partial charge in [0, 0.05) is 0 Å². The fraction of sp³-hybridized carbons (Fsp3) is 0.600. The highest BCUT2D eigenvalue weighted by Crippen LogP contribution is 2.27. The van der Waals surface area contributed by atoms with E-state index in [-0.39, 0.29) is 4.75 Å². The van der Waals surface area contributed by atoms with Crippen LogP contribution in [0, 0.1) is 0 Å². The van der Waals surface area contributed by atoms with Crippen molar-refractivity contribution >= 4 is 24.0 Å². The van der Waals surface area contributed by atoms with Crippen molar-refractivity contribution in [3.63, 3.8) is 0 Å². The molecular weight excluding hydrogens is 152 g/mol. The summed E-state index contributed by atoms with van der Waals surface area (Å²) in [4.78, 5) is 0. The van der Waals surface area contributed by atoms with Crippen LogP contribution in [0.15, 0.2) is 5.51 Å². The van der Waals surface area contributed by atoms with Crippen molar-refractivity contribution in [1.82, 2.24) is 10.2 Å².